The number of likely N-dealkylation sites (tertiary alicyclic amines) is 1. The van der Waals surface area contributed by atoms with Crippen LogP contribution in [0.25, 0.3) is 0 Å². The van der Waals surface area contributed by atoms with Crippen LogP contribution in [0.4, 0.5) is 0 Å². The molecule has 0 spiro atoms. The molecule has 0 saturated carbocycles. The molecule has 0 bridgehead atoms. The quantitative estimate of drug-likeness (QED) is 0.551. The number of carbonyl (C=O) groups excluding carboxylic acids is 1. The highest BCUT2D eigenvalue weighted by Gasteiger charge is 2.19. The smallest absolute Gasteiger partial charge is 0.222 e. The van der Waals surface area contributed by atoms with Crippen LogP contribution in [0.1, 0.15) is 37.3 Å². The number of amides is 1. The minimum Gasteiger partial charge on any atom is -0.490 e. The van der Waals surface area contributed by atoms with Crippen LogP contribution in [0.2, 0.25) is 5.02 Å². The fourth-order valence-corrected chi connectivity index (χ4v) is 3.71. The molecule has 1 saturated heterocycles. The first-order valence-electron chi connectivity index (χ1n) is 10.3. The van der Waals surface area contributed by atoms with Gasteiger partial charge in [0.25, 0.3) is 0 Å². The van der Waals surface area contributed by atoms with Crippen LogP contribution in [0.5, 0.6) is 11.5 Å². The summed E-state index contributed by atoms with van der Waals surface area (Å²) in [4.78, 5) is 13.6. The number of benzene rings is 2. The van der Waals surface area contributed by atoms with E-state index in [1.54, 1.807) is 0 Å². The molecule has 6 heteroatoms. The van der Waals surface area contributed by atoms with Crippen molar-refractivity contribution in [1.82, 2.24) is 10.2 Å². The van der Waals surface area contributed by atoms with Crippen LogP contribution < -0.4 is 14.8 Å². The van der Waals surface area contributed by atoms with E-state index in [0.717, 1.165) is 43.6 Å². The molecule has 1 aliphatic rings. The second kappa shape index (κ2) is 11.1. The van der Waals surface area contributed by atoms with Crippen LogP contribution in [-0.4, -0.2) is 37.0 Å². The van der Waals surface area contributed by atoms with Gasteiger partial charge >= 0.3 is 0 Å². The Morgan fingerprint density at radius 1 is 1.14 bits per heavy atom. The Bertz CT molecular complexity index is 798. The van der Waals surface area contributed by atoms with Crippen LogP contribution in [0.3, 0.4) is 0 Å². The summed E-state index contributed by atoms with van der Waals surface area (Å²) in [6, 6.07) is 13.9. The summed E-state index contributed by atoms with van der Waals surface area (Å²) in [5.41, 5.74) is 2.12. The van der Waals surface area contributed by atoms with Crippen molar-refractivity contribution in [3.05, 3.63) is 58.6 Å². The second-order valence-electron chi connectivity index (χ2n) is 7.13. The minimum atomic E-state index is 0.282. The third-order valence-electron chi connectivity index (χ3n) is 4.88. The summed E-state index contributed by atoms with van der Waals surface area (Å²) in [5, 5.41) is 3.97. The number of nitrogens with zero attached hydrogens (tertiary/aromatic N) is 1. The minimum absolute atomic E-state index is 0.282. The molecule has 1 aliphatic heterocycles. The number of rotatable bonds is 11. The fourth-order valence-electron chi connectivity index (χ4n) is 3.42. The van der Waals surface area contributed by atoms with Gasteiger partial charge in [0.15, 0.2) is 11.5 Å². The summed E-state index contributed by atoms with van der Waals surface area (Å²) in [5.74, 6) is 1.52. The van der Waals surface area contributed by atoms with Gasteiger partial charge in [-0.2, -0.15) is 0 Å². The van der Waals surface area contributed by atoms with Crippen molar-refractivity contribution in [1.29, 1.82) is 0 Å². The molecule has 0 atom stereocenters. The number of nitrogens with one attached hydrogen (secondary N) is 1. The zero-order chi connectivity index (χ0) is 20.5. The van der Waals surface area contributed by atoms with E-state index in [9.17, 15) is 4.79 Å². The van der Waals surface area contributed by atoms with Crippen LogP contribution in [-0.2, 0) is 17.9 Å². The molecule has 2 aromatic carbocycles. The molecule has 5 nitrogen and oxygen atoms in total. The Hall–Kier alpha value is -2.24. The normalized spacial score (nSPS) is 13.7. The molecular weight excluding hydrogens is 388 g/mol. The van der Waals surface area contributed by atoms with Crippen molar-refractivity contribution >= 4 is 17.5 Å². The molecule has 0 aliphatic carbocycles. The number of carbonyl (C=O) groups is 1. The van der Waals surface area contributed by atoms with Gasteiger partial charge in [-0.3, -0.25) is 4.79 Å². The summed E-state index contributed by atoms with van der Waals surface area (Å²) in [7, 11) is 0. The van der Waals surface area contributed by atoms with E-state index in [1.165, 1.54) is 0 Å². The van der Waals surface area contributed by atoms with Gasteiger partial charge in [0, 0.05) is 26.1 Å². The second-order valence-corrected chi connectivity index (χ2v) is 7.53. The zero-order valence-electron chi connectivity index (χ0n) is 17.0. The molecule has 0 unspecified atom stereocenters. The Morgan fingerprint density at radius 2 is 1.97 bits per heavy atom. The molecule has 156 valence electrons. The van der Waals surface area contributed by atoms with Crippen LogP contribution in [0, 0.1) is 0 Å². The molecule has 0 radical (unpaired) electrons. The first-order valence-corrected chi connectivity index (χ1v) is 10.7. The fraction of sp³-hybridized carbons (Fsp3) is 0.435. The number of ether oxygens (including phenoxy) is 2. The Morgan fingerprint density at radius 3 is 2.69 bits per heavy atom. The highest BCUT2D eigenvalue weighted by atomic mass is 35.5. The predicted octanol–water partition coefficient (Wildman–Crippen LogP) is 4.42. The van der Waals surface area contributed by atoms with Gasteiger partial charge in [-0.05, 0) is 49.6 Å². The number of halogens is 1. The zero-order valence-corrected chi connectivity index (χ0v) is 17.7. The first-order chi connectivity index (χ1) is 14.2. The highest BCUT2D eigenvalue weighted by molar-refractivity contribution is 6.32. The molecule has 29 heavy (non-hydrogen) atoms. The third kappa shape index (κ3) is 6.38. The molecular formula is C23H29ClN2O3. The third-order valence-corrected chi connectivity index (χ3v) is 5.16. The first kappa shape index (κ1) is 21.5. The SMILES string of the molecule is CCOc1cc(CNCCCN2CCCC2=O)cc(Cl)c1OCc1ccccc1. The van der Waals surface area contributed by atoms with E-state index in [-0.39, 0.29) is 5.91 Å². The maximum atomic E-state index is 11.6. The maximum absolute atomic E-state index is 11.6. The molecule has 3 rings (SSSR count). The Kier molecular flexibility index (Phi) is 8.20. The Balaban J connectivity index is 1.53. The van der Waals surface area contributed by atoms with E-state index in [1.807, 2.05) is 54.3 Å². The lowest BCUT2D eigenvalue weighted by Gasteiger charge is -2.17. The van der Waals surface area contributed by atoms with Crippen molar-refractivity contribution in [3.8, 4) is 11.5 Å². The molecule has 0 aromatic heterocycles. The molecule has 1 fully saturated rings. The highest BCUT2D eigenvalue weighted by Crippen LogP contribution is 2.37. The van der Waals surface area contributed by atoms with Crippen molar-refractivity contribution in [3.63, 3.8) is 0 Å². The topological polar surface area (TPSA) is 50.8 Å². The predicted molar refractivity (Wildman–Crippen MR) is 116 cm³/mol. The molecule has 1 amide bonds. The lowest BCUT2D eigenvalue weighted by molar-refractivity contribution is -0.127. The largest absolute Gasteiger partial charge is 0.490 e. The average molecular weight is 417 g/mol. The van der Waals surface area contributed by atoms with Gasteiger partial charge in [-0.1, -0.05) is 41.9 Å². The monoisotopic (exact) mass is 416 g/mol. The van der Waals surface area contributed by atoms with E-state index >= 15 is 0 Å². The van der Waals surface area contributed by atoms with Gasteiger partial charge < -0.3 is 19.7 Å². The molecule has 1 N–H and O–H groups in total. The van der Waals surface area contributed by atoms with Crippen molar-refractivity contribution in [2.75, 3.05) is 26.2 Å². The van der Waals surface area contributed by atoms with Gasteiger partial charge in [0.2, 0.25) is 5.91 Å². The van der Waals surface area contributed by atoms with Gasteiger partial charge in [0.1, 0.15) is 6.61 Å². The van der Waals surface area contributed by atoms with Crippen LogP contribution in [0.15, 0.2) is 42.5 Å². The number of hydrogen-bond acceptors (Lipinski definition) is 4. The van der Waals surface area contributed by atoms with Crippen molar-refractivity contribution < 1.29 is 14.3 Å². The number of hydrogen-bond donors (Lipinski definition) is 1. The lowest BCUT2D eigenvalue weighted by Crippen LogP contribution is -2.28. The summed E-state index contributed by atoms with van der Waals surface area (Å²) in [6.45, 7) is 6.18. The lowest BCUT2D eigenvalue weighted by atomic mass is 10.2. The molecule has 2 aromatic rings. The van der Waals surface area contributed by atoms with Gasteiger partial charge in [-0.25, -0.2) is 0 Å². The van der Waals surface area contributed by atoms with Gasteiger partial charge in [-0.15, -0.1) is 0 Å². The van der Waals surface area contributed by atoms with Gasteiger partial charge in [0.05, 0.1) is 11.6 Å². The Labute approximate surface area is 177 Å². The van der Waals surface area contributed by atoms with E-state index < -0.39 is 0 Å². The molecule has 1 heterocycles. The maximum Gasteiger partial charge on any atom is 0.222 e. The van der Waals surface area contributed by atoms with E-state index in [0.29, 0.717) is 42.7 Å². The summed E-state index contributed by atoms with van der Waals surface area (Å²) < 4.78 is 11.7. The van der Waals surface area contributed by atoms with E-state index in [2.05, 4.69) is 5.32 Å². The van der Waals surface area contributed by atoms with Crippen LogP contribution >= 0.6 is 11.6 Å². The van der Waals surface area contributed by atoms with Crippen molar-refractivity contribution in [2.24, 2.45) is 0 Å². The standard InChI is InChI=1S/C23H29ClN2O3/c1-2-28-21-15-19(16-25-11-7-13-26-12-6-10-22(26)27)14-20(24)23(21)29-17-18-8-4-3-5-9-18/h3-5,8-9,14-15,25H,2,6-7,10-13,16-17H2,1H3. The van der Waals surface area contributed by atoms with E-state index in [4.69, 9.17) is 21.1 Å². The average Bonchev–Trinajstić information content (AvgIpc) is 3.13. The summed E-state index contributed by atoms with van der Waals surface area (Å²) in [6.07, 6.45) is 2.63. The summed E-state index contributed by atoms with van der Waals surface area (Å²) >= 11 is 6.50. The van der Waals surface area contributed by atoms with Crippen molar-refractivity contribution in [2.45, 2.75) is 39.3 Å².